The van der Waals surface area contributed by atoms with Crippen LogP contribution in [0.25, 0.3) is 0 Å². The van der Waals surface area contributed by atoms with Crippen molar-refractivity contribution < 1.29 is 23.8 Å². The van der Waals surface area contributed by atoms with E-state index in [0.29, 0.717) is 12.2 Å². The fraction of sp³-hybridized carbons (Fsp3) is 0.478. The number of esters is 1. The zero-order valence-electron chi connectivity index (χ0n) is 19.8. The Hall–Kier alpha value is -3.60. The Morgan fingerprint density at radius 3 is 2.65 bits per heavy atom. The van der Waals surface area contributed by atoms with Gasteiger partial charge in [0.05, 0.1) is 19.6 Å². The number of anilines is 2. The number of benzene rings is 1. The molecule has 2 rings (SSSR count). The molecule has 0 radical (unpaired) electrons. The number of methoxy groups -OCH3 is 1. The van der Waals surface area contributed by atoms with Crippen LogP contribution >= 0.6 is 0 Å². The van der Waals surface area contributed by atoms with Crippen molar-refractivity contribution in [1.82, 2.24) is 9.55 Å². The average Bonchev–Trinajstić information content (AvgIpc) is 2.79. The van der Waals surface area contributed by atoms with Crippen LogP contribution in [0, 0.1) is 6.92 Å². The summed E-state index contributed by atoms with van der Waals surface area (Å²) >= 11 is 0. The van der Waals surface area contributed by atoms with E-state index >= 15 is 0 Å². The van der Waals surface area contributed by atoms with Gasteiger partial charge in [0.1, 0.15) is 11.6 Å². The van der Waals surface area contributed by atoms with Gasteiger partial charge in [-0.15, -0.1) is 0 Å². The standard InChI is InChI=1S/C23H32N4O7/c1-4-5-10-27-21(24)20(22(30)25-23(27)31)26(11-13-32-3)18(28)15-34-19(29)9-12-33-17-8-6-7-16(2)14-17/h6-8,14H,4-5,9-13,15,24H2,1-3H3,(H,25,30,31). The molecule has 11 heteroatoms. The number of aryl methyl sites for hydroxylation is 1. The molecule has 0 saturated heterocycles. The smallest absolute Gasteiger partial charge is 0.330 e. The Kier molecular flexibility index (Phi) is 10.3. The average molecular weight is 477 g/mol. The topological polar surface area (TPSA) is 146 Å². The van der Waals surface area contributed by atoms with Gasteiger partial charge in [0.25, 0.3) is 11.5 Å². The molecule has 2 aromatic rings. The number of nitrogens with two attached hydrogens (primary N) is 1. The molecule has 0 aliphatic heterocycles. The maximum Gasteiger partial charge on any atom is 0.330 e. The number of H-pyrrole nitrogens is 1. The van der Waals surface area contributed by atoms with Gasteiger partial charge >= 0.3 is 11.7 Å². The minimum atomic E-state index is -0.808. The molecular formula is C23H32N4O7. The second-order valence-corrected chi connectivity index (χ2v) is 7.61. The highest BCUT2D eigenvalue weighted by molar-refractivity contribution is 5.97. The van der Waals surface area contributed by atoms with Gasteiger partial charge in [-0.3, -0.25) is 28.8 Å². The summed E-state index contributed by atoms with van der Waals surface area (Å²) in [5.74, 6) is -0.822. The summed E-state index contributed by atoms with van der Waals surface area (Å²) in [4.78, 5) is 52.9. The number of nitrogen functional groups attached to an aromatic ring is 1. The Morgan fingerprint density at radius 2 is 1.97 bits per heavy atom. The van der Waals surface area contributed by atoms with E-state index in [1.165, 1.54) is 11.7 Å². The number of hydrogen-bond donors (Lipinski definition) is 2. The maximum absolute atomic E-state index is 12.9. The summed E-state index contributed by atoms with van der Waals surface area (Å²) in [6.07, 6.45) is 1.39. The second kappa shape index (κ2) is 13.2. The number of nitrogens with zero attached hydrogens (tertiary/aromatic N) is 2. The molecule has 0 aliphatic carbocycles. The summed E-state index contributed by atoms with van der Waals surface area (Å²) in [6, 6.07) is 7.38. The number of rotatable bonds is 13. The summed E-state index contributed by atoms with van der Waals surface area (Å²) in [7, 11) is 1.44. The lowest BCUT2D eigenvalue weighted by Crippen LogP contribution is -2.44. The molecule has 0 saturated carbocycles. The third-order valence-corrected chi connectivity index (χ3v) is 4.96. The van der Waals surface area contributed by atoms with E-state index in [0.717, 1.165) is 16.9 Å². The highest BCUT2D eigenvalue weighted by Crippen LogP contribution is 2.17. The number of carbonyl (C=O) groups is 2. The summed E-state index contributed by atoms with van der Waals surface area (Å²) < 4.78 is 16.8. The number of aromatic amines is 1. The monoisotopic (exact) mass is 476 g/mol. The third kappa shape index (κ3) is 7.48. The van der Waals surface area contributed by atoms with Gasteiger partial charge in [-0.05, 0) is 31.0 Å². The maximum atomic E-state index is 12.9. The van der Waals surface area contributed by atoms with Gasteiger partial charge in [0.15, 0.2) is 12.3 Å². The summed E-state index contributed by atoms with van der Waals surface area (Å²) in [6.45, 7) is 3.70. The first-order valence-corrected chi connectivity index (χ1v) is 11.1. The number of amides is 1. The molecule has 0 atom stereocenters. The molecule has 1 amide bonds. The molecule has 186 valence electrons. The van der Waals surface area contributed by atoms with Crippen LogP contribution in [-0.2, 0) is 25.6 Å². The largest absolute Gasteiger partial charge is 0.493 e. The van der Waals surface area contributed by atoms with Crippen LogP contribution in [0.15, 0.2) is 33.9 Å². The first-order chi connectivity index (χ1) is 16.3. The van der Waals surface area contributed by atoms with Crippen LogP contribution in [0.2, 0.25) is 0 Å². The van der Waals surface area contributed by atoms with Crippen LogP contribution in [-0.4, -0.2) is 54.9 Å². The van der Waals surface area contributed by atoms with Crippen molar-refractivity contribution in [3.8, 4) is 5.75 Å². The highest BCUT2D eigenvalue weighted by Gasteiger charge is 2.25. The number of nitrogens with one attached hydrogen (secondary N) is 1. The predicted molar refractivity (Wildman–Crippen MR) is 127 cm³/mol. The fourth-order valence-corrected chi connectivity index (χ4v) is 3.17. The molecular weight excluding hydrogens is 444 g/mol. The van der Waals surface area contributed by atoms with E-state index in [9.17, 15) is 19.2 Å². The number of ether oxygens (including phenoxy) is 3. The van der Waals surface area contributed by atoms with E-state index in [4.69, 9.17) is 19.9 Å². The molecule has 1 aromatic carbocycles. The first kappa shape index (κ1) is 26.7. The second-order valence-electron chi connectivity index (χ2n) is 7.61. The number of aromatic nitrogens is 2. The number of unbranched alkanes of at least 4 members (excludes halogenated alkanes) is 1. The van der Waals surface area contributed by atoms with E-state index in [1.54, 1.807) is 6.07 Å². The van der Waals surface area contributed by atoms with Crippen LogP contribution in [0.5, 0.6) is 5.75 Å². The summed E-state index contributed by atoms with van der Waals surface area (Å²) in [5.41, 5.74) is 5.49. The summed E-state index contributed by atoms with van der Waals surface area (Å²) in [5, 5.41) is 0. The Morgan fingerprint density at radius 1 is 1.21 bits per heavy atom. The molecule has 1 heterocycles. The van der Waals surface area contributed by atoms with Crippen molar-refractivity contribution in [2.24, 2.45) is 0 Å². The van der Waals surface area contributed by atoms with Crippen molar-refractivity contribution in [1.29, 1.82) is 0 Å². The molecule has 0 spiro atoms. The molecule has 0 fully saturated rings. The van der Waals surface area contributed by atoms with Gasteiger partial charge in [-0.2, -0.15) is 0 Å². The molecule has 0 bridgehead atoms. The predicted octanol–water partition coefficient (Wildman–Crippen LogP) is 1.22. The molecule has 11 nitrogen and oxygen atoms in total. The Balaban J connectivity index is 2.07. The molecule has 0 aliphatic rings. The van der Waals surface area contributed by atoms with Gasteiger partial charge < -0.3 is 19.9 Å². The lowest BCUT2D eigenvalue weighted by atomic mass is 10.2. The zero-order valence-corrected chi connectivity index (χ0v) is 19.8. The fourth-order valence-electron chi connectivity index (χ4n) is 3.17. The molecule has 34 heavy (non-hydrogen) atoms. The molecule has 1 aromatic heterocycles. The molecule has 0 unspecified atom stereocenters. The van der Waals surface area contributed by atoms with Crippen molar-refractivity contribution in [2.45, 2.75) is 39.7 Å². The van der Waals surface area contributed by atoms with Crippen LogP contribution in [0.1, 0.15) is 31.7 Å². The van der Waals surface area contributed by atoms with Crippen molar-refractivity contribution in [2.75, 3.05) is 44.1 Å². The van der Waals surface area contributed by atoms with Crippen LogP contribution in [0.3, 0.4) is 0 Å². The van der Waals surface area contributed by atoms with Crippen molar-refractivity contribution >= 4 is 23.4 Å². The minimum absolute atomic E-state index is 0.0252. The highest BCUT2D eigenvalue weighted by atomic mass is 16.5. The van der Waals surface area contributed by atoms with E-state index in [2.05, 4.69) is 4.98 Å². The lowest BCUT2D eigenvalue weighted by Gasteiger charge is -2.24. The van der Waals surface area contributed by atoms with E-state index in [-0.39, 0.29) is 44.2 Å². The Bertz CT molecular complexity index is 1090. The lowest BCUT2D eigenvalue weighted by molar-refractivity contribution is -0.148. The van der Waals surface area contributed by atoms with Crippen LogP contribution in [0.4, 0.5) is 11.5 Å². The number of carbonyl (C=O) groups excluding carboxylic acids is 2. The SMILES string of the molecule is CCCCn1c(N)c(N(CCOC)C(=O)COC(=O)CCOc2cccc(C)c2)c(=O)[nH]c1=O. The molecule has 3 N–H and O–H groups in total. The first-order valence-electron chi connectivity index (χ1n) is 11.1. The number of hydrogen-bond acceptors (Lipinski definition) is 8. The van der Waals surface area contributed by atoms with Crippen molar-refractivity contribution in [3.05, 3.63) is 50.7 Å². The van der Waals surface area contributed by atoms with Crippen molar-refractivity contribution in [3.63, 3.8) is 0 Å². The third-order valence-electron chi connectivity index (χ3n) is 4.96. The quantitative estimate of drug-likeness (QED) is 0.410. The van der Waals surface area contributed by atoms with E-state index in [1.807, 2.05) is 32.0 Å². The van der Waals surface area contributed by atoms with Gasteiger partial charge in [-0.25, -0.2) is 4.79 Å². The van der Waals surface area contributed by atoms with Crippen LogP contribution < -0.4 is 26.6 Å². The van der Waals surface area contributed by atoms with Gasteiger partial charge in [0.2, 0.25) is 0 Å². The Labute approximate surface area is 197 Å². The minimum Gasteiger partial charge on any atom is -0.493 e. The van der Waals surface area contributed by atoms with Gasteiger partial charge in [0, 0.05) is 20.2 Å². The zero-order chi connectivity index (χ0) is 25.1. The van der Waals surface area contributed by atoms with E-state index < -0.39 is 29.7 Å². The normalized spacial score (nSPS) is 10.7. The van der Waals surface area contributed by atoms with Gasteiger partial charge in [-0.1, -0.05) is 25.5 Å².